The molecule has 0 aliphatic carbocycles. The largest absolute Gasteiger partial charge is 0.497 e. The lowest BCUT2D eigenvalue weighted by atomic mass is 10.2. The van der Waals surface area contributed by atoms with Gasteiger partial charge in [0.15, 0.2) is 6.61 Å². The lowest BCUT2D eigenvalue weighted by molar-refractivity contribution is -0.119. The van der Waals surface area contributed by atoms with Crippen LogP contribution in [-0.2, 0) is 9.53 Å². The number of halogens is 1. The van der Waals surface area contributed by atoms with Crippen molar-refractivity contribution in [2.75, 3.05) is 26.1 Å². The number of esters is 1. The second-order valence-corrected chi connectivity index (χ2v) is 4.70. The molecule has 0 atom stereocenters. The zero-order valence-corrected chi connectivity index (χ0v) is 13.2. The topological polar surface area (TPSA) is 73.9 Å². The fourth-order valence-electron chi connectivity index (χ4n) is 1.94. The molecular weight excluding hydrogens is 317 g/mol. The molecule has 0 spiro atoms. The zero-order chi connectivity index (χ0) is 17.5. The Kier molecular flexibility index (Phi) is 5.73. The molecule has 7 heteroatoms. The fourth-order valence-corrected chi connectivity index (χ4v) is 1.94. The molecule has 0 unspecified atom stereocenters. The molecule has 0 aliphatic heterocycles. The standard InChI is InChI=1S/C17H16FNO5/c1-22-13-6-7-14(15(9-13)23-2)17(21)24-10-16(20)19-12-5-3-4-11(18)8-12/h3-9H,10H2,1-2H3,(H,19,20). The third-order valence-electron chi connectivity index (χ3n) is 3.07. The molecule has 126 valence electrons. The van der Waals surface area contributed by atoms with Crippen LogP contribution in [0, 0.1) is 5.82 Å². The van der Waals surface area contributed by atoms with Crippen molar-refractivity contribution < 1.29 is 28.2 Å². The van der Waals surface area contributed by atoms with Crippen molar-refractivity contribution in [3.63, 3.8) is 0 Å². The van der Waals surface area contributed by atoms with Gasteiger partial charge >= 0.3 is 5.97 Å². The van der Waals surface area contributed by atoms with Crippen molar-refractivity contribution in [1.82, 2.24) is 0 Å². The summed E-state index contributed by atoms with van der Waals surface area (Å²) in [5.74, 6) is -0.991. The molecule has 6 nitrogen and oxygen atoms in total. The van der Waals surface area contributed by atoms with E-state index in [0.717, 1.165) is 6.07 Å². The van der Waals surface area contributed by atoms with Crippen LogP contribution in [0.1, 0.15) is 10.4 Å². The third kappa shape index (κ3) is 4.45. The Balaban J connectivity index is 1.96. The van der Waals surface area contributed by atoms with E-state index in [1.165, 1.54) is 44.6 Å². The van der Waals surface area contributed by atoms with Gasteiger partial charge in [0.25, 0.3) is 5.91 Å². The Hall–Kier alpha value is -3.09. The summed E-state index contributed by atoms with van der Waals surface area (Å²) in [6.07, 6.45) is 0. The Morgan fingerprint density at radius 1 is 1.08 bits per heavy atom. The van der Waals surface area contributed by atoms with E-state index < -0.39 is 24.3 Å². The number of ether oxygens (including phenoxy) is 3. The maximum absolute atomic E-state index is 13.0. The predicted molar refractivity (Wildman–Crippen MR) is 84.9 cm³/mol. The van der Waals surface area contributed by atoms with Crippen LogP contribution in [0.3, 0.4) is 0 Å². The normalized spacial score (nSPS) is 9.96. The van der Waals surface area contributed by atoms with Crippen LogP contribution in [0.15, 0.2) is 42.5 Å². The van der Waals surface area contributed by atoms with Crippen molar-refractivity contribution >= 4 is 17.6 Å². The Bertz CT molecular complexity index is 748. The van der Waals surface area contributed by atoms with Crippen LogP contribution >= 0.6 is 0 Å². The van der Waals surface area contributed by atoms with E-state index in [0.29, 0.717) is 5.75 Å². The third-order valence-corrected chi connectivity index (χ3v) is 3.07. The van der Waals surface area contributed by atoms with Gasteiger partial charge in [0.1, 0.15) is 22.9 Å². The molecule has 24 heavy (non-hydrogen) atoms. The number of hydrogen-bond donors (Lipinski definition) is 1. The van der Waals surface area contributed by atoms with E-state index >= 15 is 0 Å². The average Bonchev–Trinajstić information content (AvgIpc) is 2.59. The van der Waals surface area contributed by atoms with Crippen LogP contribution < -0.4 is 14.8 Å². The zero-order valence-electron chi connectivity index (χ0n) is 13.2. The van der Waals surface area contributed by atoms with E-state index in [9.17, 15) is 14.0 Å². The molecule has 0 saturated heterocycles. The molecule has 1 amide bonds. The lowest BCUT2D eigenvalue weighted by Crippen LogP contribution is -2.21. The first-order chi connectivity index (χ1) is 11.5. The summed E-state index contributed by atoms with van der Waals surface area (Å²) >= 11 is 0. The fraction of sp³-hybridized carbons (Fsp3) is 0.176. The lowest BCUT2D eigenvalue weighted by Gasteiger charge is -2.10. The van der Waals surface area contributed by atoms with Gasteiger partial charge in [0.05, 0.1) is 14.2 Å². The Morgan fingerprint density at radius 3 is 2.54 bits per heavy atom. The Labute approximate surface area is 138 Å². The second kappa shape index (κ2) is 7.96. The van der Waals surface area contributed by atoms with Gasteiger partial charge in [-0.2, -0.15) is 0 Å². The number of amides is 1. The van der Waals surface area contributed by atoms with Gasteiger partial charge in [-0.1, -0.05) is 6.07 Å². The molecule has 2 aromatic rings. The second-order valence-electron chi connectivity index (χ2n) is 4.70. The van der Waals surface area contributed by atoms with Gasteiger partial charge in [0.2, 0.25) is 0 Å². The number of carbonyl (C=O) groups excluding carboxylic acids is 2. The molecule has 0 bridgehead atoms. The molecule has 0 saturated carbocycles. The quantitative estimate of drug-likeness (QED) is 0.823. The highest BCUT2D eigenvalue weighted by atomic mass is 19.1. The van der Waals surface area contributed by atoms with Crippen LogP contribution in [-0.4, -0.2) is 32.7 Å². The smallest absolute Gasteiger partial charge is 0.342 e. The molecule has 0 aromatic heterocycles. The molecule has 1 N–H and O–H groups in total. The summed E-state index contributed by atoms with van der Waals surface area (Å²) in [6.45, 7) is -0.509. The summed E-state index contributed by atoms with van der Waals surface area (Å²) in [5.41, 5.74) is 0.440. The van der Waals surface area contributed by atoms with E-state index in [1.54, 1.807) is 6.07 Å². The first-order valence-corrected chi connectivity index (χ1v) is 6.98. The molecular formula is C17H16FNO5. The van der Waals surface area contributed by atoms with Crippen molar-refractivity contribution in [2.24, 2.45) is 0 Å². The number of methoxy groups -OCH3 is 2. The van der Waals surface area contributed by atoms with Gasteiger partial charge in [-0.3, -0.25) is 4.79 Å². The SMILES string of the molecule is COc1ccc(C(=O)OCC(=O)Nc2cccc(F)c2)c(OC)c1. The highest BCUT2D eigenvalue weighted by Crippen LogP contribution is 2.25. The summed E-state index contributed by atoms with van der Waals surface area (Å²) < 4.78 is 28.1. The number of nitrogens with one attached hydrogen (secondary N) is 1. The van der Waals surface area contributed by atoms with Crippen LogP contribution in [0.4, 0.5) is 10.1 Å². The number of rotatable bonds is 6. The van der Waals surface area contributed by atoms with Gasteiger partial charge in [-0.05, 0) is 30.3 Å². The summed E-state index contributed by atoms with van der Waals surface area (Å²) in [4.78, 5) is 23.8. The molecule has 2 aromatic carbocycles. The number of benzene rings is 2. The highest BCUT2D eigenvalue weighted by Gasteiger charge is 2.16. The molecule has 2 rings (SSSR count). The van der Waals surface area contributed by atoms with E-state index in [-0.39, 0.29) is 17.0 Å². The van der Waals surface area contributed by atoms with E-state index in [1.807, 2.05) is 0 Å². The number of hydrogen-bond acceptors (Lipinski definition) is 5. The van der Waals surface area contributed by atoms with E-state index in [4.69, 9.17) is 14.2 Å². The first kappa shape index (κ1) is 17.3. The average molecular weight is 333 g/mol. The van der Waals surface area contributed by atoms with E-state index in [2.05, 4.69) is 5.32 Å². The minimum atomic E-state index is -0.719. The van der Waals surface area contributed by atoms with Crippen LogP contribution in [0.25, 0.3) is 0 Å². The van der Waals surface area contributed by atoms with Crippen molar-refractivity contribution in [2.45, 2.75) is 0 Å². The minimum absolute atomic E-state index is 0.164. The van der Waals surface area contributed by atoms with Gasteiger partial charge in [-0.25, -0.2) is 9.18 Å². The molecule has 0 fully saturated rings. The monoisotopic (exact) mass is 333 g/mol. The summed E-state index contributed by atoms with van der Waals surface area (Å²) in [6, 6.07) is 9.98. The highest BCUT2D eigenvalue weighted by molar-refractivity contribution is 5.96. The minimum Gasteiger partial charge on any atom is -0.497 e. The van der Waals surface area contributed by atoms with Crippen molar-refractivity contribution in [3.8, 4) is 11.5 Å². The summed E-state index contributed by atoms with van der Waals surface area (Å²) in [7, 11) is 2.89. The van der Waals surface area contributed by atoms with Gasteiger partial charge in [0, 0.05) is 11.8 Å². The number of carbonyl (C=O) groups is 2. The first-order valence-electron chi connectivity index (χ1n) is 6.98. The van der Waals surface area contributed by atoms with Crippen molar-refractivity contribution in [1.29, 1.82) is 0 Å². The predicted octanol–water partition coefficient (Wildman–Crippen LogP) is 2.64. The van der Waals surface area contributed by atoms with Gasteiger partial charge in [-0.15, -0.1) is 0 Å². The summed E-state index contributed by atoms with van der Waals surface area (Å²) in [5, 5.41) is 2.43. The molecule has 0 heterocycles. The van der Waals surface area contributed by atoms with Crippen molar-refractivity contribution in [3.05, 3.63) is 53.8 Å². The maximum Gasteiger partial charge on any atom is 0.342 e. The Morgan fingerprint density at radius 2 is 1.88 bits per heavy atom. The van der Waals surface area contributed by atoms with Crippen LogP contribution in [0.5, 0.6) is 11.5 Å². The van der Waals surface area contributed by atoms with Gasteiger partial charge < -0.3 is 19.5 Å². The molecule has 0 aliphatic rings. The molecule has 0 radical (unpaired) electrons. The van der Waals surface area contributed by atoms with Crippen LogP contribution in [0.2, 0.25) is 0 Å². The maximum atomic E-state index is 13.0. The number of anilines is 1.